The zero-order valence-electron chi connectivity index (χ0n) is 11.1. The number of carbonyl (C=O) groups excluding carboxylic acids is 1. The van der Waals surface area contributed by atoms with Crippen molar-refractivity contribution in [3.63, 3.8) is 0 Å². The summed E-state index contributed by atoms with van der Waals surface area (Å²) in [4.78, 5) is 11.9. The average molecular weight is 289 g/mol. The van der Waals surface area contributed by atoms with Crippen LogP contribution in [0.2, 0.25) is 0 Å². The van der Waals surface area contributed by atoms with Crippen LogP contribution in [0.25, 0.3) is 0 Å². The fourth-order valence-corrected chi connectivity index (χ4v) is 1.97. The van der Waals surface area contributed by atoms with E-state index in [0.29, 0.717) is 18.7 Å². The Morgan fingerprint density at radius 1 is 0.950 bits per heavy atom. The number of amides is 1. The summed E-state index contributed by atoms with van der Waals surface area (Å²) in [5.74, 6) is 0.447. The zero-order chi connectivity index (χ0) is 14.2. The molecule has 4 heteroatoms. The van der Waals surface area contributed by atoms with E-state index in [0.717, 1.165) is 11.4 Å². The van der Waals surface area contributed by atoms with Crippen molar-refractivity contribution in [1.82, 2.24) is 5.43 Å². The van der Waals surface area contributed by atoms with Crippen LogP contribution in [0.3, 0.4) is 0 Å². The number of anilines is 2. The Balaban J connectivity index is 2.19. The molecule has 0 saturated carbocycles. The Morgan fingerprint density at radius 3 is 1.90 bits per heavy atom. The van der Waals surface area contributed by atoms with Crippen molar-refractivity contribution in [2.75, 3.05) is 10.9 Å². The number of hydrogen-bond acceptors (Lipinski definition) is 2. The van der Waals surface area contributed by atoms with Gasteiger partial charge in [0.25, 0.3) is 0 Å². The number of benzene rings is 2. The number of hydrogen-bond donors (Lipinski definition) is 1. The van der Waals surface area contributed by atoms with Crippen molar-refractivity contribution in [2.24, 2.45) is 0 Å². The van der Waals surface area contributed by atoms with Gasteiger partial charge in [-0.1, -0.05) is 36.4 Å². The third-order valence-electron chi connectivity index (χ3n) is 2.80. The second-order valence-electron chi connectivity index (χ2n) is 4.33. The maximum atomic E-state index is 11.9. The van der Waals surface area contributed by atoms with Gasteiger partial charge in [-0.15, -0.1) is 11.6 Å². The van der Waals surface area contributed by atoms with Gasteiger partial charge in [0, 0.05) is 12.3 Å². The maximum Gasteiger partial charge on any atom is 0.238 e. The normalized spacial score (nSPS) is 10.1. The van der Waals surface area contributed by atoms with Crippen molar-refractivity contribution in [1.29, 1.82) is 0 Å². The van der Waals surface area contributed by atoms with Crippen LogP contribution in [0, 0.1) is 0 Å². The molecule has 0 aliphatic carbocycles. The van der Waals surface area contributed by atoms with Crippen molar-refractivity contribution in [3.05, 3.63) is 60.7 Å². The fraction of sp³-hybridized carbons (Fsp3) is 0.188. The van der Waals surface area contributed by atoms with Crippen LogP contribution in [0.4, 0.5) is 11.4 Å². The molecule has 2 aromatic rings. The Morgan fingerprint density at radius 2 is 1.45 bits per heavy atom. The first-order valence-electron chi connectivity index (χ1n) is 6.57. The second-order valence-corrected chi connectivity index (χ2v) is 4.71. The molecule has 0 bridgehead atoms. The monoisotopic (exact) mass is 288 g/mol. The Labute approximate surface area is 124 Å². The molecule has 2 rings (SSSR count). The molecule has 0 saturated heterocycles. The van der Waals surface area contributed by atoms with E-state index in [-0.39, 0.29) is 5.91 Å². The van der Waals surface area contributed by atoms with E-state index >= 15 is 0 Å². The summed E-state index contributed by atoms with van der Waals surface area (Å²) in [5, 5.41) is 1.79. The van der Waals surface area contributed by atoms with E-state index in [1.807, 2.05) is 60.7 Å². The lowest BCUT2D eigenvalue weighted by atomic mass is 10.2. The molecule has 3 nitrogen and oxygen atoms in total. The van der Waals surface area contributed by atoms with Gasteiger partial charge >= 0.3 is 0 Å². The molecular weight excluding hydrogens is 272 g/mol. The molecule has 104 valence electrons. The van der Waals surface area contributed by atoms with Gasteiger partial charge in [0.2, 0.25) is 5.91 Å². The standard InChI is InChI=1S/C16H17ClN2O/c17-13-7-12-16(20)18-19(14-8-3-1-4-9-14)15-10-5-2-6-11-15/h1-6,8-11H,7,12-13H2,(H,18,20). The number of para-hydroxylation sites is 2. The first kappa shape index (κ1) is 14.4. The van der Waals surface area contributed by atoms with Gasteiger partial charge < -0.3 is 0 Å². The molecule has 2 aromatic carbocycles. The van der Waals surface area contributed by atoms with E-state index in [9.17, 15) is 4.79 Å². The van der Waals surface area contributed by atoms with Crippen LogP contribution in [-0.4, -0.2) is 11.8 Å². The van der Waals surface area contributed by atoms with Crippen molar-refractivity contribution in [3.8, 4) is 0 Å². The third-order valence-corrected chi connectivity index (χ3v) is 3.07. The second kappa shape index (κ2) is 7.56. The summed E-state index contributed by atoms with van der Waals surface area (Å²) in [5.41, 5.74) is 4.75. The van der Waals surface area contributed by atoms with E-state index in [2.05, 4.69) is 5.43 Å². The number of nitrogens with zero attached hydrogens (tertiary/aromatic N) is 1. The van der Waals surface area contributed by atoms with Gasteiger partial charge in [0.1, 0.15) is 0 Å². The van der Waals surface area contributed by atoms with Crippen LogP contribution < -0.4 is 10.4 Å². The van der Waals surface area contributed by atoms with Gasteiger partial charge in [-0.3, -0.25) is 15.2 Å². The van der Waals surface area contributed by atoms with Crippen molar-refractivity contribution < 1.29 is 4.79 Å². The van der Waals surface area contributed by atoms with Gasteiger partial charge in [-0.25, -0.2) is 0 Å². The summed E-state index contributed by atoms with van der Waals surface area (Å²) < 4.78 is 0. The summed E-state index contributed by atoms with van der Waals surface area (Å²) in [6, 6.07) is 19.5. The highest BCUT2D eigenvalue weighted by Gasteiger charge is 2.11. The first-order chi connectivity index (χ1) is 9.81. The molecule has 20 heavy (non-hydrogen) atoms. The van der Waals surface area contributed by atoms with Gasteiger partial charge in [0.05, 0.1) is 11.4 Å². The molecule has 0 heterocycles. The summed E-state index contributed by atoms with van der Waals surface area (Å²) in [6.07, 6.45) is 1.09. The highest BCUT2D eigenvalue weighted by molar-refractivity contribution is 6.17. The quantitative estimate of drug-likeness (QED) is 0.646. The van der Waals surface area contributed by atoms with E-state index < -0.39 is 0 Å². The lowest BCUT2D eigenvalue weighted by Gasteiger charge is -2.25. The van der Waals surface area contributed by atoms with Gasteiger partial charge in [-0.05, 0) is 30.7 Å². The van der Waals surface area contributed by atoms with Crippen molar-refractivity contribution >= 4 is 28.9 Å². The molecule has 0 aromatic heterocycles. The van der Waals surface area contributed by atoms with Crippen LogP contribution >= 0.6 is 11.6 Å². The minimum absolute atomic E-state index is 0.0432. The largest absolute Gasteiger partial charge is 0.273 e. The lowest BCUT2D eigenvalue weighted by Crippen LogP contribution is -2.38. The third kappa shape index (κ3) is 4.00. The Hall–Kier alpha value is -2.00. The number of halogens is 1. The van der Waals surface area contributed by atoms with E-state index in [1.165, 1.54) is 0 Å². The molecule has 0 atom stereocenters. The SMILES string of the molecule is O=C(CCCCl)NN(c1ccccc1)c1ccccc1. The first-order valence-corrected chi connectivity index (χ1v) is 7.10. The minimum Gasteiger partial charge on any atom is -0.273 e. The molecule has 0 unspecified atom stereocenters. The molecule has 0 radical (unpaired) electrons. The van der Waals surface area contributed by atoms with E-state index in [4.69, 9.17) is 11.6 Å². The molecule has 0 aliphatic rings. The molecule has 0 spiro atoms. The molecule has 0 fully saturated rings. The zero-order valence-corrected chi connectivity index (χ0v) is 11.9. The Kier molecular flexibility index (Phi) is 5.44. The maximum absolute atomic E-state index is 11.9. The van der Waals surface area contributed by atoms with Gasteiger partial charge in [0.15, 0.2) is 0 Å². The summed E-state index contributed by atoms with van der Waals surface area (Å²) in [6.45, 7) is 0. The highest BCUT2D eigenvalue weighted by atomic mass is 35.5. The van der Waals surface area contributed by atoms with Crippen LogP contribution in [0.1, 0.15) is 12.8 Å². The van der Waals surface area contributed by atoms with Crippen LogP contribution in [-0.2, 0) is 4.79 Å². The van der Waals surface area contributed by atoms with E-state index in [1.54, 1.807) is 5.01 Å². The van der Waals surface area contributed by atoms with Crippen LogP contribution in [0.15, 0.2) is 60.7 Å². The molecule has 1 amide bonds. The fourth-order valence-electron chi connectivity index (χ4n) is 1.84. The average Bonchev–Trinajstić information content (AvgIpc) is 2.52. The molecular formula is C16H17ClN2O. The molecule has 1 N–H and O–H groups in total. The lowest BCUT2D eigenvalue weighted by molar-refractivity contribution is -0.121. The summed E-state index contributed by atoms with van der Waals surface area (Å²) >= 11 is 5.62. The number of rotatable bonds is 6. The smallest absolute Gasteiger partial charge is 0.238 e. The highest BCUT2D eigenvalue weighted by Crippen LogP contribution is 2.22. The number of hydrazine groups is 1. The van der Waals surface area contributed by atoms with Crippen molar-refractivity contribution in [2.45, 2.75) is 12.8 Å². The topological polar surface area (TPSA) is 32.3 Å². The van der Waals surface area contributed by atoms with Gasteiger partial charge in [-0.2, -0.15) is 0 Å². The Bertz CT molecular complexity index is 491. The number of carbonyl (C=O) groups is 1. The minimum atomic E-state index is -0.0432. The number of alkyl halides is 1. The molecule has 0 aliphatic heterocycles. The summed E-state index contributed by atoms with van der Waals surface area (Å²) in [7, 11) is 0. The predicted octanol–water partition coefficient (Wildman–Crippen LogP) is 3.87. The van der Waals surface area contributed by atoms with Crippen LogP contribution in [0.5, 0.6) is 0 Å². The predicted molar refractivity (Wildman–Crippen MR) is 83.1 cm³/mol. The number of nitrogens with one attached hydrogen (secondary N) is 1.